The molecular formula is C6H12NNaO4S. The van der Waals surface area contributed by atoms with Crippen molar-refractivity contribution < 1.29 is 47.9 Å². The largest absolute Gasteiger partial charge is 1.00 e. The molecule has 1 N–H and O–H groups in total. The molecule has 0 saturated carbocycles. The van der Waals surface area contributed by atoms with Gasteiger partial charge >= 0.3 is 29.6 Å². The van der Waals surface area contributed by atoms with Gasteiger partial charge in [0.2, 0.25) is 10.0 Å². The van der Waals surface area contributed by atoms with E-state index < -0.39 is 22.0 Å². The third-order valence-corrected chi connectivity index (χ3v) is 1.94. The molecule has 0 radical (unpaired) electrons. The molecule has 0 aromatic carbocycles. The van der Waals surface area contributed by atoms with E-state index in [1.54, 1.807) is 13.8 Å². The van der Waals surface area contributed by atoms with Gasteiger partial charge in [-0.05, 0) is 5.92 Å². The Labute approximate surface area is 100 Å². The van der Waals surface area contributed by atoms with Crippen molar-refractivity contribution in [2.75, 3.05) is 6.26 Å². The number of carbonyl (C=O) groups is 1. The van der Waals surface area contributed by atoms with E-state index in [4.69, 9.17) is 0 Å². The maximum atomic E-state index is 10.6. The van der Waals surface area contributed by atoms with Crippen LogP contribution in [-0.2, 0) is 14.8 Å². The van der Waals surface area contributed by atoms with Crippen LogP contribution in [0.2, 0.25) is 0 Å². The molecule has 0 rings (SSSR count). The number of carbonyl (C=O) groups excluding carboxylic acids is 1. The fourth-order valence-corrected chi connectivity index (χ4v) is 1.52. The van der Waals surface area contributed by atoms with Gasteiger partial charge in [-0.1, -0.05) is 13.8 Å². The van der Waals surface area contributed by atoms with Gasteiger partial charge < -0.3 is 9.90 Å². The van der Waals surface area contributed by atoms with Gasteiger partial charge in [0.25, 0.3) is 0 Å². The number of carboxylic acids is 1. The Kier molecular flexibility index (Phi) is 7.28. The van der Waals surface area contributed by atoms with Crippen LogP contribution >= 0.6 is 0 Å². The van der Waals surface area contributed by atoms with E-state index in [-0.39, 0.29) is 35.5 Å². The van der Waals surface area contributed by atoms with Crippen molar-refractivity contribution in [2.45, 2.75) is 19.9 Å². The van der Waals surface area contributed by atoms with E-state index in [1.165, 1.54) is 0 Å². The molecule has 5 nitrogen and oxygen atoms in total. The molecule has 0 aliphatic heterocycles. The predicted molar refractivity (Wildman–Crippen MR) is 41.6 cm³/mol. The summed E-state index contributed by atoms with van der Waals surface area (Å²) in [4.78, 5) is 10.4. The second-order valence-corrected chi connectivity index (χ2v) is 4.71. The summed E-state index contributed by atoms with van der Waals surface area (Å²) in [6.07, 6.45) is 0.908. The minimum Gasteiger partial charge on any atom is -0.548 e. The van der Waals surface area contributed by atoms with Crippen LogP contribution in [0.25, 0.3) is 0 Å². The van der Waals surface area contributed by atoms with Crippen LogP contribution < -0.4 is 39.4 Å². The number of hydrogen-bond donors (Lipinski definition) is 1. The Morgan fingerprint density at radius 3 is 1.85 bits per heavy atom. The Balaban J connectivity index is 0. The molecule has 0 bridgehead atoms. The second-order valence-electron chi connectivity index (χ2n) is 2.93. The standard InChI is InChI=1S/C6H13NO4S.Na/c1-4(2)5(6(8)9)7-12(3,10)11;/h4-5,7H,1-3H3,(H,8,9);/q;+1/p-1. The smallest absolute Gasteiger partial charge is 0.548 e. The van der Waals surface area contributed by atoms with E-state index in [9.17, 15) is 18.3 Å². The summed E-state index contributed by atoms with van der Waals surface area (Å²) >= 11 is 0. The fourth-order valence-electron chi connectivity index (χ4n) is 0.687. The SMILES string of the molecule is CC(C)C(NS(C)(=O)=O)C(=O)[O-].[Na+]. The van der Waals surface area contributed by atoms with Crippen LogP contribution in [0.5, 0.6) is 0 Å². The molecule has 0 fully saturated rings. The number of aliphatic carboxylic acids is 1. The number of carboxylic acid groups (broad SMARTS) is 1. The predicted octanol–water partition coefficient (Wildman–Crippen LogP) is -4.69. The van der Waals surface area contributed by atoms with Crippen molar-refractivity contribution in [3.63, 3.8) is 0 Å². The van der Waals surface area contributed by atoms with E-state index in [2.05, 4.69) is 0 Å². The summed E-state index contributed by atoms with van der Waals surface area (Å²) in [6, 6.07) is -1.15. The van der Waals surface area contributed by atoms with E-state index in [1.807, 2.05) is 4.72 Å². The second kappa shape index (κ2) is 5.98. The number of sulfonamides is 1. The molecule has 0 saturated heterocycles. The molecule has 1 unspecified atom stereocenters. The first-order valence-electron chi connectivity index (χ1n) is 3.42. The van der Waals surface area contributed by atoms with E-state index in [0.29, 0.717) is 0 Å². The van der Waals surface area contributed by atoms with E-state index in [0.717, 1.165) is 6.26 Å². The van der Waals surface area contributed by atoms with Crippen LogP contribution in [0.1, 0.15) is 13.8 Å². The molecular weight excluding hydrogens is 205 g/mol. The van der Waals surface area contributed by atoms with Gasteiger partial charge in [-0.2, -0.15) is 0 Å². The summed E-state index contributed by atoms with van der Waals surface area (Å²) in [7, 11) is -3.48. The molecule has 13 heavy (non-hydrogen) atoms. The first-order valence-corrected chi connectivity index (χ1v) is 5.31. The Bertz CT molecular complexity index is 262. The van der Waals surface area contributed by atoms with Crippen LogP contribution in [0.4, 0.5) is 0 Å². The number of hydrogen-bond acceptors (Lipinski definition) is 4. The topological polar surface area (TPSA) is 86.3 Å². The molecule has 1 atom stereocenters. The maximum Gasteiger partial charge on any atom is 1.00 e. The minimum atomic E-state index is -3.48. The summed E-state index contributed by atoms with van der Waals surface area (Å²) in [5, 5.41) is 10.4. The summed E-state index contributed by atoms with van der Waals surface area (Å²) in [6.45, 7) is 3.19. The van der Waals surface area contributed by atoms with Crippen LogP contribution in [0.3, 0.4) is 0 Å². The average molecular weight is 217 g/mol. The minimum absolute atomic E-state index is 0. The van der Waals surface area contributed by atoms with Gasteiger partial charge in [0.05, 0.1) is 18.3 Å². The van der Waals surface area contributed by atoms with Gasteiger partial charge in [-0.3, -0.25) is 0 Å². The van der Waals surface area contributed by atoms with Crippen molar-refractivity contribution in [3.8, 4) is 0 Å². The molecule has 0 spiro atoms. The molecule has 72 valence electrons. The molecule has 0 aliphatic rings. The van der Waals surface area contributed by atoms with E-state index >= 15 is 0 Å². The molecule has 0 aromatic heterocycles. The quantitative estimate of drug-likeness (QED) is 0.479. The van der Waals surface area contributed by atoms with Gasteiger partial charge in [-0.15, -0.1) is 0 Å². The van der Waals surface area contributed by atoms with Crippen molar-refractivity contribution in [3.05, 3.63) is 0 Å². The maximum absolute atomic E-state index is 10.6. The first kappa shape index (κ1) is 15.8. The van der Waals surface area contributed by atoms with Crippen molar-refractivity contribution in [1.29, 1.82) is 0 Å². The van der Waals surface area contributed by atoms with Crippen LogP contribution in [0, 0.1) is 5.92 Å². The van der Waals surface area contributed by atoms with Crippen molar-refractivity contribution >= 4 is 16.0 Å². The Morgan fingerprint density at radius 2 is 1.77 bits per heavy atom. The molecule has 0 amide bonds. The van der Waals surface area contributed by atoms with Crippen LogP contribution in [-0.4, -0.2) is 26.7 Å². The van der Waals surface area contributed by atoms with Crippen molar-refractivity contribution in [2.24, 2.45) is 5.92 Å². The average Bonchev–Trinajstić information content (AvgIpc) is 1.79. The van der Waals surface area contributed by atoms with Gasteiger partial charge in [0.15, 0.2) is 0 Å². The molecule has 0 aromatic rings. The number of rotatable bonds is 4. The van der Waals surface area contributed by atoms with Gasteiger partial charge in [0.1, 0.15) is 0 Å². The zero-order valence-electron chi connectivity index (χ0n) is 8.20. The molecule has 7 heteroatoms. The summed E-state index contributed by atoms with van der Waals surface area (Å²) < 4.78 is 23.3. The van der Waals surface area contributed by atoms with Crippen LogP contribution in [0.15, 0.2) is 0 Å². The summed E-state index contributed by atoms with van der Waals surface area (Å²) in [5.41, 5.74) is 0. The normalized spacial score (nSPS) is 13.5. The molecule has 0 heterocycles. The fraction of sp³-hybridized carbons (Fsp3) is 0.833. The third-order valence-electron chi connectivity index (χ3n) is 1.26. The zero-order chi connectivity index (χ0) is 9.94. The van der Waals surface area contributed by atoms with Crippen molar-refractivity contribution in [1.82, 2.24) is 4.72 Å². The van der Waals surface area contributed by atoms with Gasteiger partial charge in [-0.25, -0.2) is 13.1 Å². The Hall–Kier alpha value is 0.380. The van der Waals surface area contributed by atoms with Gasteiger partial charge in [0, 0.05) is 0 Å². The third kappa shape index (κ3) is 7.45. The Morgan fingerprint density at radius 1 is 1.38 bits per heavy atom. The summed E-state index contributed by atoms with van der Waals surface area (Å²) in [5.74, 6) is -1.74. The monoisotopic (exact) mass is 217 g/mol. The first-order chi connectivity index (χ1) is 5.24. The number of nitrogens with one attached hydrogen (secondary N) is 1. The zero-order valence-corrected chi connectivity index (χ0v) is 11.0. The molecule has 0 aliphatic carbocycles.